The lowest BCUT2D eigenvalue weighted by atomic mass is 10.1. The summed E-state index contributed by atoms with van der Waals surface area (Å²) in [5, 5.41) is 8.80. The van der Waals surface area contributed by atoms with Gasteiger partial charge in [-0.15, -0.1) is 0 Å². The summed E-state index contributed by atoms with van der Waals surface area (Å²) in [5.41, 5.74) is 0. The number of hydrogen-bond donors (Lipinski definition) is 1. The zero-order valence-electron chi connectivity index (χ0n) is 12.1. The maximum atomic E-state index is 8.80. The molecule has 17 heavy (non-hydrogen) atoms. The number of nitrogens with zero attached hydrogens (tertiary/aromatic N) is 1. The van der Waals surface area contributed by atoms with Gasteiger partial charge < -0.3 is 10.0 Å². The Bertz CT molecular complexity index is 139. The molecule has 0 aliphatic rings. The van der Waals surface area contributed by atoms with Crippen molar-refractivity contribution in [2.24, 2.45) is 0 Å². The topological polar surface area (TPSA) is 23.5 Å². The molecule has 0 unspecified atom stereocenters. The zero-order valence-corrected chi connectivity index (χ0v) is 12.1. The van der Waals surface area contributed by atoms with Crippen molar-refractivity contribution in [1.82, 2.24) is 4.90 Å². The minimum Gasteiger partial charge on any atom is -0.396 e. The molecular formula is C15H33NO. The molecule has 0 aliphatic heterocycles. The Kier molecular flexibility index (Phi) is 13.9. The molecule has 0 aromatic heterocycles. The fraction of sp³-hybridized carbons (Fsp3) is 1.00. The monoisotopic (exact) mass is 243 g/mol. The van der Waals surface area contributed by atoms with E-state index in [0.29, 0.717) is 6.61 Å². The molecule has 0 saturated heterocycles. The number of unbranched alkanes of at least 4 members (excludes halogenated alkanes) is 7. The summed E-state index contributed by atoms with van der Waals surface area (Å²) in [4.78, 5) is 2.45. The Morgan fingerprint density at radius 3 is 1.76 bits per heavy atom. The van der Waals surface area contributed by atoms with E-state index in [4.69, 9.17) is 5.11 Å². The Hall–Kier alpha value is -0.0800. The number of aliphatic hydroxyl groups is 1. The van der Waals surface area contributed by atoms with E-state index in [1.165, 1.54) is 57.9 Å². The van der Waals surface area contributed by atoms with Gasteiger partial charge in [0.25, 0.3) is 0 Å². The van der Waals surface area contributed by atoms with Gasteiger partial charge in [0.05, 0.1) is 0 Å². The van der Waals surface area contributed by atoms with E-state index in [1.54, 1.807) is 0 Å². The minimum absolute atomic E-state index is 0.327. The van der Waals surface area contributed by atoms with Gasteiger partial charge in [0.1, 0.15) is 0 Å². The number of hydrogen-bond acceptors (Lipinski definition) is 2. The summed E-state index contributed by atoms with van der Waals surface area (Å²) in [7, 11) is 0. The predicted molar refractivity (Wildman–Crippen MR) is 76.4 cm³/mol. The molecule has 0 fully saturated rings. The summed E-state index contributed by atoms with van der Waals surface area (Å²) in [6.07, 6.45) is 12.1. The van der Waals surface area contributed by atoms with E-state index in [1.807, 2.05) is 0 Å². The molecule has 0 heterocycles. The van der Waals surface area contributed by atoms with Gasteiger partial charge in [-0.1, -0.05) is 58.8 Å². The first-order valence-corrected chi connectivity index (χ1v) is 7.68. The van der Waals surface area contributed by atoms with Crippen molar-refractivity contribution in [3.63, 3.8) is 0 Å². The summed E-state index contributed by atoms with van der Waals surface area (Å²) >= 11 is 0. The van der Waals surface area contributed by atoms with E-state index in [-0.39, 0.29) is 0 Å². The second kappa shape index (κ2) is 14.0. The molecule has 104 valence electrons. The molecule has 2 heteroatoms. The van der Waals surface area contributed by atoms with Crippen LogP contribution in [0.4, 0.5) is 0 Å². The fourth-order valence-corrected chi connectivity index (χ4v) is 2.19. The molecule has 0 aliphatic carbocycles. The van der Waals surface area contributed by atoms with Gasteiger partial charge in [0.2, 0.25) is 0 Å². The predicted octanol–water partition coefficient (Wildman–Crippen LogP) is 3.83. The highest BCUT2D eigenvalue weighted by atomic mass is 16.3. The molecule has 0 saturated carbocycles. The molecule has 0 amide bonds. The van der Waals surface area contributed by atoms with Crippen LogP contribution < -0.4 is 0 Å². The SMILES string of the molecule is CCCCCCCCCCN(CC)CCCO. The van der Waals surface area contributed by atoms with Crippen LogP contribution in [-0.4, -0.2) is 36.2 Å². The zero-order chi connectivity index (χ0) is 12.8. The van der Waals surface area contributed by atoms with Crippen LogP contribution in [0.25, 0.3) is 0 Å². The van der Waals surface area contributed by atoms with Crippen molar-refractivity contribution in [3.8, 4) is 0 Å². The molecule has 0 atom stereocenters. The summed E-state index contributed by atoms with van der Waals surface area (Å²) < 4.78 is 0. The van der Waals surface area contributed by atoms with E-state index >= 15 is 0 Å². The number of aliphatic hydroxyl groups excluding tert-OH is 1. The normalized spacial score (nSPS) is 11.3. The van der Waals surface area contributed by atoms with Crippen LogP contribution in [-0.2, 0) is 0 Å². The van der Waals surface area contributed by atoms with Crippen molar-refractivity contribution >= 4 is 0 Å². The van der Waals surface area contributed by atoms with E-state index in [9.17, 15) is 0 Å². The van der Waals surface area contributed by atoms with Gasteiger partial charge in [0, 0.05) is 13.2 Å². The Morgan fingerprint density at radius 2 is 1.24 bits per heavy atom. The first-order valence-electron chi connectivity index (χ1n) is 7.68. The van der Waals surface area contributed by atoms with Crippen LogP contribution in [0.2, 0.25) is 0 Å². The van der Waals surface area contributed by atoms with Gasteiger partial charge in [-0.25, -0.2) is 0 Å². The third-order valence-electron chi connectivity index (χ3n) is 3.41. The van der Waals surface area contributed by atoms with Gasteiger partial charge in [0.15, 0.2) is 0 Å². The Morgan fingerprint density at radius 1 is 0.706 bits per heavy atom. The van der Waals surface area contributed by atoms with Crippen LogP contribution in [0.3, 0.4) is 0 Å². The smallest absolute Gasteiger partial charge is 0.0443 e. The largest absolute Gasteiger partial charge is 0.396 e. The maximum Gasteiger partial charge on any atom is 0.0443 e. The van der Waals surface area contributed by atoms with Crippen LogP contribution >= 0.6 is 0 Å². The van der Waals surface area contributed by atoms with Crippen molar-refractivity contribution < 1.29 is 5.11 Å². The molecule has 0 rings (SSSR count). The van der Waals surface area contributed by atoms with Crippen LogP contribution in [0.1, 0.15) is 71.6 Å². The summed E-state index contributed by atoms with van der Waals surface area (Å²) in [5.74, 6) is 0. The molecule has 0 spiro atoms. The quantitative estimate of drug-likeness (QED) is 0.497. The van der Waals surface area contributed by atoms with Gasteiger partial charge in [-0.3, -0.25) is 0 Å². The lowest BCUT2D eigenvalue weighted by Gasteiger charge is -2.19. The van der Waals surface area contributed by atoms with E-state index in [2.05, 4.69) is 18.7 Å². The van der Waals surface area contributed by atoms with Gasteiger partial charge in [-0.05, 0) is 25.9 Å². The third-order valence-corrected chi connectivity index (χ3v) is 3.41. The van der Waals surface area contributed by atoms with Crippen molar-refractivity contribution in [2.45, 2.75) is 71.6 Å². The van der Waals surface area contributed by atoms with Crippen molar-refractivity contribution in [2.75, 3.05) is 26.2 Å². The molecule has 0 radical (unpaired) electrons. The highest BCUT2D eigenvalue weighted by Crippen LogP contribution is 2.08. The second-order valence-electron chi connectivity index (χ2n) is 4.99. The van der Waals surface area contributed by atoms with Crippen molar-refractivity contribution in [3.05, 3.63) is 0 Å². The van der Waals surface area contributed by atoms with Crippen LogP contribution in [0.15, 0.2) is 0 Å². The third kappa shape index (κ3) is 12.2. The minimum atomic E-state index is 0.327. The summed E-state index contributed by atoms with van der Waals surface area (Å²) in [6.45, 7) is 8.20. The Labute approximate surface area is 108 Å². The molecular weight excluding hydrogens is 210 g/mol. The highest BCUT2D eigenvalue weighted by molar-refractivity contribution is 4.56. The first kappa shape index (κ1) is 16.9. The van der Waals surface area contributed by atoms with E-state index in [0.717, 1.165) is 19.5 Å². The maximum absolute atomic E-state index is 8.80. The van der Waals surface area contributed by atoms with Crippen LogP contribution in [0, 0.1) is 0 Å². The van der Waals surface area contributed by atoms with Crippen molar-refractivity contribution in [1.29, 1.82) is 0 Å². The van der Waals surface area contributed by atoms with Gasteiger partial charge in [-0.2, -0.15) is 0 Å². The Balaban J connectivity index is 3.19. The average Bonchev–Trinajstić information content (AvgIpc) is 2.36. The first-order chi connectivity index (χ1) is 8.35. The molecule has 0 aromatic carbocycles. The van der Waals surface area contributed by atoms with E-state index < -0.39 is 0 Å². The van der Waals surface area contributed by atoms with Gasteiger partial charge >= 0.3 is 0 Å². The highest BCUT2D eigenvalue weighted by Gasteiger charge is 2.00. The molecule has 2 nitrogen and oxygen atoms in total. The second-order valence-corrected chi connectivity index (χ2v) is 4.99. The molecule has 1 N–H and O–H groups in total. The molecule has 0 bridgehead atoms. The standard InChI is InChI=1S/C15H33NO/c1-3-5-6-7-8-9-10-11-13-16(4-2)14-12-15-17/h17H,3-15H2,1-2H3. The lowest BCUT2D eigenvalue weighted by molar-refractivity contribution is 0.227. The lowest BCUT2D eigenvalue weighted by Crippen LogP contribution is -2.26. The average molecular weight is 243 g/mol. The molecule has 0 aromatic rings. The van der Waals surface area contributed by atoms with Crippen LogP contribution in [0.5, 0.6) is 0 Å². The fourth-order valence-electron chi connectivity index (χ4n) is 2.19. The number of rotatable bonds is 13. The summed E-state index contributed by atoms with van der Waals surface area (Å²) in [6, 6.07) is 0.